The number of amides is 1. The van der Waals surface area contributed by atoms with Gasteiger partial charge in [-0.3, -0.25) is 9.69 Å². The third kappa shape index (κ3) is 5.02. The van der Waals surface area contributed by atoms with Crippen molar-refractivity contribution in [2.45, 2.75) is 45.1 Å². The van der Waals surface area contributed by atoms with Gasteiger partial charge in [-0.15, -0.1) is 0 Å². The molecule has 0 bridgehead atoms. The van der Waals surface area contributed by atoms with Crippen molar-refractivity contribution in [3.05, 3.63) is 64.6 Å². The van der Waals surface area contributed by atoms with Crippen LogP contribution in [0.4, 0.5) is 11.4 Å². The monoisotopic (exact) mass is 463 g/mol. The lowest BCUT2D eigenvalue weighted by Gasteiger charge is -2.45. The molecule has 0 aromatic heterocycles. The van der Waals surface area contributed by atoms with Crippen LogP contribution in [0.5, 0.6) is 0 Å². The van der Waals surface area contributed by atoms with Crippen LogP contribution in [-0.2, 0) is 9.53 Å². The molecule has 0 aliphatic carbocycles. The number of thioether (sulfide) groups is 1. The minimum absolute atomic E-state index is 0.00908. The summed E-state index contributed by atoms with van der Waals surface area (Å²) >= 11 is 1.45. The third-order valence-corrected chi connectivity index (χ3v) is 7.56. The van der Waals surface area contributed by atoms with Crippen LogP contribution < -0.4 is 4.90 Å². The molecule has 174 valence electrons. The molecule has 1 saturated heterocycles. The molecule has 2 heterocycles. The molecule has 4 rings (SSSR count). The van der Waals surface area contributed by atoms with E-state index < -0.39 is 0 Å². The van der Waals surface area contributed by atoms with Crippen molar-refractivity contribution >= 4 is 40.3 Å². The summed E-state index contributed by atoms with van der Waals surface area (Å²) in [6.45, 7) is 8.08. The first-order chi connectivity index (χ1) is 15.8. The third-order valence-electron chi connectivity index (χ3n) is 6.55. The van der Waals surface area contributed by atoms with Crippen molar-refractivity contribution in [2.75, 3.05) is 32.2 Å². The molecule has 2 aliphatic heterocycles. The molecule has 1 fully saturated rings. The summed E-state index contributed by atoms with van der Waals surface area (Å²) in [5.41, 5.74) is 4.66. The van der Waals surface area contributed by atoms with Crippen LogP contribution in [0.1, 0.15) is 50.7 Å². The number of amidine groups is 1. The molecule has 1 amide bonds. The Hall–Kier alpha value is -2.57. The smallest absolute Gasteiger partial charge is 0.266 e. The number of hydrogen-bond donors (Lipinski definition) is 0. The number of anilines is 1. The Morgan fingerprint density at radius 3 is 2.70 bits per heavy atom. The Morgan fingerprint density at radius 1 is 1.21 bits per heavy atom. The molecule has 6 heteroatoms. The van der Waals surface area contributed by atoms with E-state index in [2.05, 4.69) is 50.9 Å². The van der Waals surface area contributed by atoms with Crippen LogP contribution in [0, 0.1) is 0 Å². The van der Waals surface area contributed by atoms with Gasteiger partial charge in [0.25, 0.3) is 5.91 Å². The number of aliphatic imine (C=N–C) groups is 1. The van der Waals surface area contributed by atoms with Gasteiger partial charge in [-0.1, -0.05) is 31.2 Å². The van der Waals surface area contributed by atoms with Crippen LogP contribution in [0.3, 0.4) is 0 Å². The molecule has 0 radical (unpaired) electrons. The second kappa shape index (κ2) is 9.74. The number of carbonyl (C=O) groups is 1. The highest BCUT2D eigenvalue weighted by molar-refractivity contribution is 8.18. The summed E-state index contributed by atoms with van der Waals surface area (Å²) in [7, 11) is 3.85. The van der Waals surface area contributed by atoms with Gasteiger partial charge >= 0.3 is 0 Å². The molecule has 0 N–H and O–H groups in total. The number of methoxy groups -OCH3 is 1. The molecule has 2 aromatic carbocycles. The van der Waals surface area contributed by atoms with Gasteiger partial charge in [-0.2, -0.15) is 0 Å². The highest BCUT2D eigenvalue weighted by atomic mass is 32.2. The maximum absolute atomic E-state index is 13.3. The van der Waals surface area contributed by atoms with Crippen molar-refractivity contribution in [3.63, 3.8) is 0 Å². The fraction of sp³-hybridized carbons (Fsp3) is 0.407. The van der Waals surface area contributed by atoms with Crippen LogP contribution in [0.15, 0.2) is 58.4 Å². The molecule has 0 spiro atoms. The first-order valence-corrected chi connectivity index (χ1v) is 12.3. The van der Waals surface area contributed by atoms with Crippen LogP contribution in [0.2, 0.25) is 0 Å². The average molecular weight is 464 g/mol. The minimum Gasteiger partial charge on any atom is -0.385 e. The SMILES string of the molecule is COCCCN1C(=O)/C(=C\c2ccc3c(c2)C(C)CC(C)(C)N3C)SC1=Nc1ccccc1. The maximum atomic E-state index is 13.3. The van der Waals surface area contributed by atoms with Crippen molar-refractivity contribution in [2.24, 2.45) is 4.99 Å². The Labute approximate surface area is 201 Å². The molecule has 0 saturated carbocycles. The zero-order valence-corrected chi connectivity index (χ0v) is 21.0. The number of benzene rings is 2. The standard InChI is InChI=1S/C27H33N3O2S/c1-19-18-27(2,3)29(4)23-13-12-20(16-22(19)23)17-24-25(31)30(14-9-15-32-5)26(33-24)28-21-10-7-6-8-11-21/h6-8,10-13,16-17,19H,9,14-15,18H2,1-5H3/b24-17+,28-26?. The van der Waals surface area contributed by atoms with Gasteiger partial charge in [0, 0.05) is 38.5 Å². The number of carbonyl (C=O) groups excluding carboxylic acids is 1. The number of hydrogen-bond acceptors (Lipinski definition) is 5. The molecule has 2 aliphatic rings. The molecular weight excluding hydrogens is 430 g/mol. The molecule has 1 unspecified atom stereocenters. The quantitative estimate of drug-likeness (QED) is 0.386. The first kappa shape index (κ1) is 23.6. The van der Waals surface area contributed by atoms with Crippen LogP contribution >= 0.6 is 11.8 Å². The highest BCUT2D eigenvalue weighted by Crippen LogP contribution is 2.43. The van der Waals surface area contributed by atoms with Gasteiger partial charge in [0.05, 0.1) is 10.6 Å². The Balaban J connectivity index is 1.64. The zero-order chi connectivity index (χ0) is 23.6. The Morgan fingerprint density at radius 2 is 1.97 bits per heavy atom. The molecule has 2 aromatic rings. The largest absolute Gasteiger partial charge is 0.385 e. The lowest BCUT2D eigenvalue weighted by Crippen LogP contribution is -2.45. The number of ether oxygens (including phenoxy) is 1. The minimum atomic E-state index is 0.00908. The van der Waals surface area contributed by atoms with Gasteiger partial charge < -0.3 is 9.64 Å². The van der Waals surface area contributed by atoms with Crippen molar-refractivity contribution in [1.29, 1.82) is 0 Å². The molecule has 1 atom stereocenters. The lowest BCUT2D eigenvalue weighted by atomic mass is 9.80. The average Bonchev–Trinajstić information content (AvgIpc) is 3.07. The fourth-order valence-corrected chi connectivity index (χ4v) is 5.63. The van der Waals surface area contributed by atoms with Crippen molar-refractivity contribution in [1.82, 2.24) is 4.90 Å². The maximum Gasteiger partial charge on any atom is 0.266 e. The predicted molar refractivity (Wildman–Crippen MR) is 139 cm³/mol. The van der Waals surface area contributed by atoms with Gasteiger partial charge in [-0.05, 0) is 85.8 Å². The zero-order valence-electron chi connectivity index (χ0n) is 20.2. The summed E-state index contributed by atoms with van der Waals surface area (Å²) in [5.74, 6) is 0.479. The normalized spacial score (nSPS) is 22.3. The topological polar surface area (TPSA) is 45.1 Å². The van der Waals surface area contributed by atoms with Gasteiger partial charge in [0.2, 0.25) is 0 Å². The summed E-state index contributed by atoms with van der Waals surface area (Å²) in [6.07, 6.45) is 3.88. The van der Waals surface area contributed by atoms with E-state index in [9.17, 15) is 4.79 Å². The van der Waals surface area contributed by atoms with E-state index in [1.807, 2.05) is 36.4 Å². The van der Waals surface area contributed by atoms with E-state index in [0.717, 1.165) is 29.3 Å². The summed E-state index contributed by atoms with van der Waals surface area (Å²) in [6, 6.07) is 16.3. The van der Waals surface area contributed by atoms with E-state index in [0.29, 0.717) is 24.0 Å². The first-order valence-electron chi connectivity index (χ1n) is 11.5. The second-order valence-corrected chi connectivity index (χ2v) is 10.4. The predicted octanol–water partition coefficient (Wildman–Crippen LogP) is 6.05. The summed E-state index contributed by atoms with van der Waals surface area (Å²) in [5, 5.41) is 0.723. The highest BCUT2D eigenvalue weighted by Gasteiger charge is 2.35. The van der Waals surface area contributed by atoms with Gasteiger partial charge in [-0.25, -0.2) is 4.99 Å². The van der Waals surface area contributed by atoms with Gasteiger partial charge in [0.1, 0.15) is 0 Å². The number of fused-ring (bicyclic) bond motifs is 1. The van der Waals surface area contributed by atoms with Crippen LogP contribution in [-0.4, -0.2) is 48.8 Å². The van der Waals surface area contributed by atoms with E-state index in [-0.39, 0.29) is 11.4 Å². The number of nitrogens with zero attached hydrogens (tertiary/aromatic N) is 3. The lowest BCUT2D eigenvalue weighted by molar-refractivity contribution is -0.122. The molecule has 5 nitrogen and oxygen atoms in total. The Kier molecular flexibility index (Phi) is 6.96. The summed E-state index contributed by atoms with van der Waals surface area (Å²) < 4.78 is 5.20. The van der Waals surface area contributed by atoms with E-state index in [1.165, 1.54) is 23.0 Å². The van der Waals surface area contributed by atoms with E-state index in [4.69, 9.17) is 9.73 Å². The second-order valence-electron chi connectivity index (χ2n) is 9.44. The Bertz CT molecular complexity index is 1080. The molecule has 33 heavy (non-hydrogen) atoms. The van der Waals surface area contributed by atoms with Crippen LogP contribution in [0.25, 0.3) is 6.08 Å². The van der Waals surface area contributed by atoms with Crippen molar-refractivity contribution in [3.8, 4) is 0 Å². The summed E-state index contributed by atoms with van der Waals surface area (Å²) in [4.78, 5) is 22.9. The van der Waals surface area contributed by atoms with E-state index >= 15 is 0 Å². The van der Waals surface area contributed by atoms with E-state index in [1.54, 1.807) is 12.0 Å². The number of rotatable bonds is 6. The molecular formula is C27H33N3O2S. The fourth-order valence-electron chi connectivity index (χ4n) is 4.61. The number of para-hydroxylation sites is 1. The van der Waals surface area contributed by atoms with Gasteiger partial charge in [0.15, 0.2) is 5.17 Å². The van der Waals surface area contributed by atoms with Crippen molar-refractivity contribution < 1.29 is 9.53 Å².